The third kappa shape index (κ3) is 4.05. The summed E-state index contributed by atoms with van der Waals surface area (Å²) in [6.45, 7) is 1.67. The zero-order valence-electron chi connectivity index (χ0n) is 15.3. The zero-order chi connectivity index (χ0) is 19.6. The van der Waals surface area contributed by atoms with Gasteiger partial charge in [0.1, 0.15) is 0 Å². The molecular weight excluding hydrogens is 396 g/mol. The van der Waals surface area contributed by atoms with E-state index in [1.165, 1.54) is 25.0 Å². The van der Waals surface area contributed by atoms with Gasteiger partial charge in [0.15, 0.2) is 11.6 Å². The van der Waals surface area contributed by atoms with Crippen LogP contribution in [-0.2, 0) is 10.0 Å². The second kappa shape index (κ2) is 7.93. The number of para-hydroxylation sites is 2. The van der Waals surface area contributed by atoms with E-state index in [9.17, 15) is 8.42 Å². The molecule has 0 atom stereocenters. The van der Waals surface area contributed by atoms with Gasteiger partial charge in [0.25, 0.3) is 10.0 Å². The molecule has 1 aliphatic heterocycles. The minimum absolute atomic E-state index is 0.133. The normalized spacial score (nSPS) is 15.4. The topological polar surface area (TPSA) is 75.2 Å². The van der Waals surface area contributed by atoms with E-state index in [1.807, 2.05) is 24.3 Å². The number of nitrogens with one attached hydrogen (secondary N) is 1. The number of fused-ring (bicyclic) bond motifs is 1. The zero-order valence-corrected chi connectivity index (χ0v) is 16.9. The molecule has 0 spiro atoms. The highest BCUT2D eigenvalue weighted by Gasteiger charge is 2.22. The van der Waals surface area contributed by atoms with Crippen molar-refractivity contribution in [3.63, 3.8) is 0 Å². The Labute approximate surface area is 169 Å². The van der Waals surface area contributed by atoms with Crippen molar-refractivity contribution in [2.75, 3.05) is 22.7 Å². The number of benzene rings is 2. The molecule has 6 nitrogen and oxygen atoms in total. The largest absolute Gasteiger partial charge is 0.354 e. The number of anilines is 2. The van der Waals surface area contributed by atoms with Crippen molar-refractivity contribution in [3.05, 3.63) is 53.6 Å². The van der Waals surface area contributed by atoms with E-state index in [0.29, 0.717) is 16.4 Å². The standard InChI is InChI=1S/C20H21ClN4O2S/c21-15-9-11-16(12-10-15)28(26,27)24-19-20(25-13-5-1-2-6-14-25)23-18-8-4-3-7-17(18)22-19/h3-4,7-12H,1-2,5-6,13-14H2,(H,22,24). The number of halogens is 1. The molecule has 0 saturated carbocycles. The van der Waals surface area contributed by atoms with Gasteiger partial charge >= 0.3 is 0 Å². The Hall–Kier alpha value is -2.38. The molecule has 8 heteroatoms. The second-order valence-electron chi connectivity index (χ2n) is 6.85. The van der Waals surface area contributed by atoms with Crippen molar-refractivity contribution in [3.8, 4) is 0 Å². The van der Waals surface area contributed by atoms with E-state index < -0.39 is 10.0 Å². The molecule has 4 rings (SSSR count). The second-order valence-corrected chi connectivity index (χ2v) is 8.96. The highest BCUT2D eigenvalue weighted by molar-refractivity contribution is 7.92. The van der Waals surface area contributed by atoms with E-state index >= 15 is 0 Å². The Bertz CT molecular complexity index is 1080. The van der Waals surface area contributed by atoms with Crippen molar-refractivity contribution in [2.24, 2.45) is 0 Å². The van der Waals surface area contributed by atoms with Crippen LogP contribution in [0, 0.1) is 0 Å². The van der Waals surface area contributed by atoms with Crippen LogP contribution in [0.4, 0.5) is 11.6 Å². The fourth-order valence-electron chi connectivity index (χ4n) is 3.36. The molecule has 1 fully saturated rings. The van der Waals surface area contributed by atoms with Gasteiger partial charge in [-0.25, -0.2) is 18.4 Å². The van der Waals surface area contributed by atoms with Gasteiger partial charge in [0.05, 0.1) is 15.9 Å². The van der Waals surface area contributed by atoms with Gasteiger partial charge in [-0.15, -0.1) is 0 Å². The van der Waals surface area contributed by atoms with Crippen LogP contribution in [0.15, 0.2) is 53.4 Å². The average Bonchev–Trinajstić information content (AvgIpc) is 2.97. The lowest BCUT2D eigenvalue weighted by Gasteiger charge is -2.24. The summed E-state index contributed by atoms with van der Waals surface area (Å²) in [6.07, 6.45) is 4.45. The maximum absolute atomic E-state index is 12.9. The van der Waals surface area contributed by atoms with Gasteiger partial charge in [-0.05, 0) is 49.2 Å². The van der Waals surface area contributed by atoms with Gasteiger partial charge in [-0.1, -0.05) is 36.6 Å². The van der Waals surface area contributed by atoms with Crippen molar-refractivity contribution in [1.82, 2.24) is 9.97 Å². The fraction of sp³-hybridized carbons (Fsp3) is 0.300. The van der Waals surface area contributed by atoms with Crippen LogP contribution in [0.1, 0.15) is 25.7 Å². The summed E-state index contributed by atoms with van der Waals surface area (Å²) in [7, 11) is -3.81. The first-order valence-electron chi connectivity index (χ1n) is 9.33. The van der Waals surface area contributed by atoms with Crippen LogP contribution >= 0.6 is 11.6 Å². The first kappa shape index (κ1) is 19.0. The summed E-state index contributed by atoms with van der Waals surface area (Å²) in [6, 6.07) is 13.5. The van der Waals surface area contributed by atoms with Crippen LogP contribution < -0.4 is 9.62 Å². The van der Waals surface area contributed by atoms with Gasteiger partial charge in [0.2, 0.25) is 0 Å². The number of sulfonamides is 1. The molecule has 1 N–H and O–H groups in total. The Morgan fingerprint density at radius 2 is 1.46 bits per heavy atom. The van der Waals surface area contributed by atoms with E-state index in [1.54, 1.807) is 12.1 Å². The smallest absolute Gasteiger partial charge is 0.263 e. The van der Waals surface area contributed by atoms with Gasteiger partial charge in [0, 0.05) is 18.1 Å². The summed E-state index contributed by atoms with van der Waals surface area (Å²) in [5, 5.41) is 0.481. The Morgan fingerprint density at radius 1 is 0.857 bits per heavy atom. The summed E-state index contributed by atoms with van der Waals surface area (Å²) in [5.74, 6) is 0.841. The molecular formula is C20H21ClN4O2S. The first-order chi connectivity index (χ1) is 13.5. The maximum Gasteiger partial charge on any atom is 0.263 e. The van der Waals surface area contributed by atoms with Gasteiger partial charge in [-0.2, -0.15) is 0 Å². The molecule has 2 heterocycles. The van der Waals surface area contributed by atoms with Crippen molar-refractivity contribution in [1.29, 1.82) is 0 Å². The predicted molar refractivity (Wildman–Crippen MR) is 112 cm³/mol. The number of hydrogen-bond acceptors (Lipinski definition) is 5. The lowest BCUT2D eigenvalue weighted by molar-refractivity contribution is 0.601. The molecule has 0 bridgehead atoms. The van der Waals surface area contributed by atoms with E-state index in [0.717, 1.165) is 31.4 Å². The third-order valence-electron chi connectivity index (χ3n) is 4.81. The molecule has 1 aromatic heterocycles. The fourth-order valence-corrected chi connectivity index (χ4v) is 4.49. The monoisotopic (exact) mass is 416 g/mol. The van der Waals surface area contributed by atoms with E-state index in [-0.39, 0.29) is 10.7 Å². The number of aromatic nitrogens is 2. The van der Waals surface area contributed by atoms with Crippen LogP contribution in [0.5, 0.6) is 0 Å². The number of nitrogens with zero attached hydrogens (tertiary/aromatic N) is 3. The van der Waals surface area contributed by atoms with Crippen LogP contribution in [0.25, 0.3) is 11.0 Å². The molecule has 146 valence electrons. The summed E-state index contributed by atoms with van der Waals surface area (Å²) >= 11 is 5.89. The van der Waals surface area contributed by atoms with Crippen molar-refractivity contribution >= 4 is 44.3 Å². The summed E-state index contributed by atoms with van der Waals surface area (Å²) in [4.78, 5) is 11.6. The Balaban J connectivity index is 1.77. The average molecular weight is 417 g/mol. The van der Waals surface area contributed by atoms with Gasteiger partial charge < -0.3 is 4.90 Å². The first-order valence-corrected chi connectivity index (χ1v) is 11.2. The minimum Gasteiger partial charge on any atom is -0.354 e. The lowest BCUT2D eigenvalue weighted by atomic mass is 10.2. The molecule has 3 aromatic rings. The maximum atomic E-state index is 12.9. The predicted octanol–water partition coefficient (Wildman–Crippen LogP) is 4.46. The van der Waals surface area contributed by atoms with Gasteiger partial charge in [-0.3, -0.25) is 4.72 Å². The number of hydrogen-bond donors (Lipinski definition) is 1. The number of rotatable bonds is 4. The molecule has 0 amide bonds. The molecule has 0 aliphatic carbocycles. The third-order valence-corrected chi connectivity index (χ3v) is 6.42. The van der Waals surface area contributed by atoms with E-state index in [2.05, 4.69) is 14.6 Å². The summed E-state index contributed by atoms with van der Waals surface area (Å²) < 4.78 is 28.5. The Kier molecular flexibility index (Phi) is 5.37. The molecule has 2 aromatic carbocycles. The molecule has 1 aliphatic rings. The Morgan fingerprint density at radius 3 is 2.11 bits per heavy atom. The highest BCUT2D eigenvalue weighted by Crippen LogP contribution is 2.29. The molecule has 1 saturated heterocycles. The van der Waals surface area contributed by atoms with Crippen LogP contribution in [-0.4, -0.2) is 31.5 Å². The minimum atomic E-state index is -3.81. The summed E-state index contributed by atoms with van der Waals surface area (Å²) in [5.41, 5.74) is 1.39. The molecule has 0 radical (unpaired) electrons. The molecule has 28 heavy (non-hydrogen) atoms. The van der Waals surface area contributed by atoms with E-state index in [4.69, 9.17) is 16.6 Å². The highest BCUT2D eigenvalue weighted by atomic mass is 35.5. The lowest BCUT2D eigenvalue weighted by Crippen LogP contribution is -2.27. The molecule has 0 unspecified atom stereocenters. The van der Waals surface area contributed by atoms with Crippen molar-refractivity contribution in [2.45, 2.75) is 30.6 Å². The SMILES string of the molecule is O=S(=O)(Nc1nc2ccccc2nc1N1CCCCCC1)c1ccc(Cl)cc1. The van der Waals surface area contributed by atoms with Crippen LogP contribution in [0.2, 0.25) is 5.02 Å². The van der Waals surface area contributed by atoms with Crippen molar-refractivity contribution < 1.29 is 8.42 Å². The quantitative estimate of drug-likeness (QED) is 0.679. The van der Waals surface area contributed by atoms with Crippen LogP contribution in [0.3, 0.4) is 0 Å².